The van der Waals surface area contributed by atoms with Crippen molar-refractivity contribution < 1.29 is 0 Å². The van der Waals surface area contributed by atoms with Crippen LogP contribution in [-0.2, 0) is 0 Å². The van der Waals surface area contributed by atoms with Crippen LogP contribution in [0.1, 0.15) is 16.7 Å². The third kappa shape index (κ3) is 4.28. The van der Waals surface area contributed by atoms with Gasteiger partial charge in [0.2, 0.25) is 0 Å². The first-order chi connectivity index (χ1) is 16.2. The fourth-order valence-electron chi connectivity index (χ4n) is 4.15. The van der Waals surface area contributed by atoms with Gasteiger partial charge in [0.15, 0.2) is 0 Å². The van der Waals surface area contributed by atoms with Gasteiger partial charge in [0.25, 0.3) is 0 Å². The predicted molar refractivity (Wildman–Crippen MR) is 140 cm³/mol. The maximum Gasteiger partial charge on any atom is 0.0659 e. The molecular weight excluding hydrogens is 400 g/mol. The minimum atomic E-state index is 0.987. The van der Waals surface area contributed by atoms with Crippen molar-refractivity contribution in [2.75, 3.05) is 0 Å². The predicted octanol–water partition coefficient (Wildman–Crippen LogP) is 8.18. The fourth-order valence-corrected chi connectivity index (χ4v) is 4.15. The minimum Gasteiger partial charge on any atom is -0.309 e. The molecule has 0 unspecified atom stereocenters. The molecule has 0 bridgehead atoms. The maximum atomic E-state index is 4.88. The lowest BCUT2D eigenvalue weighted by molar-refractivity contribution is 1.09. The number of aromatic nitrogens is 1. The Morgan fingerprint density at radius 2 is 1.24 bits per heavy atom. The van der Waals surface area contributed by atoms with Crippen LogP contribution < -0.4 is 0 Å². The highest BCUT2D eigenvalue weighted by molar-refractivity contribution is 5.94. The molecule has 0 N–H and O–H groups in total. The number of aryl methyl sites for hydroxylation is 2. The van der Waals surface area contributed by atoms with Crippen LogP contribution in [0.15, 0.2) is 120 Å². The molecule has 0 fully saturated rings. The SMILES string of the molecule is Cc1ccc(-n2c(-c3ccccc3)cc(C=Nc3ccccc3C)c2-c2ccccc2)cc1. The summed E-state index contributed by atoms with van der Waals surface area (Å²) in [5.41, 5.74) is 10.2. The van der Waals surface area contributed by atoms with E-state index in [1.165, 1.54) is 11.1 Å². The summed E-state index contributed by atoms with van der Waals surface area (Å²) in [4.78, 5) is 4.88. The highest BCUT2D eigenvalue weighted by Crippen LogP contribution is 2.35. The van der Waals surface area contributed by atoms with E-state index in [2.05, 4.69) is 122 Å². The van der Waals surface area contributed by atoms with E-state index in [4.69, 9.17) is 4.99 Å². The molecule has 0 aliphatic rings. The smallest absolute Gasteiger partial charge is 0.0659 e. The Kier molecular flexibility index (Phi) is 5.73. The van der Waals surface area contributed by atoms with Gasteiger partial charge in [-0.05, 0) is 54.8 Å². The molecule has 0 aliphatic carbocycles. The Bertz CT molecular complexity index is 1390. The molecule has 0 atom stereocenters. The Labute approximate surface area is 195 Å². The topological polar surface area (TPSA) is 17.3 Å². The first kappa shape index (κ1) is 20.7. The van der Waals surface area contributed by atoms with Crippen molar-refractivity contribution in [3.8, 4) is 28.2 Å². The van der Waals surface area contributed by atoms with Gasteiger partial charge in [-0.1, -0.05) is 96.6 Å². The molecular formula is C31H26N2. The molecule has 5 rings (SSSR count). The molecule has 2 nitrogen and oxygen atoms in total. The van der Waals surface area contributed by atoms with Gasteiger partial charge in [-0.25, -0.2) is 0 Å². The summed E-state index contributed by atoms with van der Waals surface area (Å²) < 4.78 is 2.35. The quantitative estimate of drug-likeness (QED) is 0.252. The number of nitrogens with zero attached hydrogens (tertiary/aromatic N) is 2. The third-order valence-electron chi connectivity index (χ3n) is 5.90. The number of aliphatic imine (C=N–C) groups is 1. The molecule has 0 saturated heterocycles. The largest absolute Gasteiger partial charge is 0.309 e. The Balaban J connectivity index is 1.78. The van der Waals surface area contributed by atoms with Crippen LogP contribution in [0.2, 0.25) is 0 Å². The van der Waals surface area contributed by atoms with E-state index in [-0.39, 0.29) is 0 Å². The van der Waals surface area contributed by atoms with Crippen molar-refractivity contribution in [1.82, 2.24) is 4.57 Å². The summed E-state index contributed by atoms with van der Waals surface area (Å²) in [5.74, 6) is 0. The zero-order valence-corrected chi connectivity index (χ0v) is 18.9. The molecule has 33 heavy (non-hydrogen) atoms. The van der Waals surface area contributed by atoms with Crippen LogP contribution in [0, 0.1) is 13.8 Å². The Morgan fingerprint density at radius 3 is 1.91 bits per heavy atom. The van der Waals surface area contributed by atoms with Gasteiger partial charge < -0.3 is 4.57 Å². The maximum absolute atomic E-state index is 4.88. The van der Waals surface area contributed by atoms with Gasteiger partial charge in [-0.15, -0.1) is 0 Å². The highest BCUT2D eigenvalue weighted by Gasteiger charge is 2.18. The molecule has 4 aromatic carbocycles. The second-order valence-corrected chi connectivity index (χ2v) is 8.28. The number of benzene rings is 4. The highest BCUT2D eigenvalue weighted by atomic mass is 15.0. The van der Waals surface area contributed by atoms with Crippen molar-refractivity contribution in [3.63, 3.8) is 0 Å². The molecule has 1 aromatic heterocycles. The van der Waals surface area contributed by atoms with E-state index in [1.807, 2.05) is 18.3 Å². The molecule has 0 spiro atoms. The van der Waals surface area contributed by atoms with Crippen molar-refractivity contribution in [1.29, 1.82) is 0 Å². The summed E-state index contributed by atoms with van der Waals surface area (Å²) in [6, 6.07) is 40.3. The lowest BCUT2D eigenvalue weighted by atomic mass is 10.1. The molecule has 0 radical (unpaired) electrons. The van der Waals surface area contributed by atoms with Gasteiger partial charge in [-0.3, -0.25) is 4.99 Å². The minimum absolute atomic E-state index is 0.987. The van der Waals surface area contributed by atoms with Crippen LogP contribution in [0.25, 0.3) is 28.2 Å². The summed E-state index contributed by atoms with van der Waals surface area (Å²) in [7, 11) is 0. The number of hydrogen-bond acceptors (Lipinski definition) is 1. The van der Waals surface area contributed by atoms with Gasteiger partial charge in [0, 0.05) is 17.5 Å². The molecule has 5 aromatic rings. The summed E-state index contributed by atoms with van der Waals surface area (Å²) in [6.07, 6.45) is 2.00. The van der Waals surface area contributed by atoms with E-state index in [9.17, 15) is 0 Å². The van der Waals surface area contributed by atoms with Crippen LogP contribution in [-0.4, -0.2) is 10.8 Å². The lowest BCUT2D eigenvalue weighted by Crippen LogP contribution is -2.00. The zero-order chi connectivity index (χ0) is 22.6. The van der Waals surface area contributed by atoms with Crippen LogP contribution in [0.3, 0.4) is 0 Å². The number of para-hydroxylation sites is 1. The summed E-state index contributed by atoms with van der Waals surface area (Å²) in [6.45, 7) is 4.22. The summed E-state index contributed by atoms with van der Waals surface area (Å²) in [5, 5.41) is 0. The van der Waals surface area contributed by atoms with Crippen LogP contribution >= 0.6 is 0 Å². The zero-order valence-electron chi connectivity index (χ0n) is 18.9. The van der Waals surface area contributed by atoms with Gasteiger partial charge in [0.1, 0.15) is 0 Å². The van der Waals surface area contributed by atoms with Gasteiger partial charge in [0.05, 0.1) is 17.1 Å². The van der Waals surface area contributed by atoms with Crippen molar-refractivity contribution in [3.05, 3.63) is 132 Å². The number of hydrogen-bond donors (Lipinski definition) is 0. The van der Waals surface area contributed by atoms with Gasteiger partial charge >= 0.3 is 0 Å². The third-order valence-corrected chi connectivity index (χ3v) is 5.90. The van der Waals surface area contributed by atoms with Crippen LogP contribution in [0.5, 0.6) is 0 Å². The molecule has 0 aliphatic heterocycles. The number of rotatable bonds is 5. The average molecular weight is 427 g/mol. The van der Waals surface area contributed by atoms with Gasteiger partial charge in [-0.2, -0.15) is 0 Å². The fraction of sp³-hybridized carbons (Fsp3) is 0.0645. The van der Waals surface area contributed by atoms with E-state index in [1.54, 1.807) is 0 Å². The van der Waals surface area contributed by atoms with E-state index in [0.717, 1.165) is 39.5 Å². The summed E-state index contributed by atoms with van der Waals surface area (Å²) >= 11 is 0. The Hall–Kier alpha value is -4.17. The van der Waals surface area contributed by atoms with E-state index < -0.39 is 0 Å². The van der Waals surface area contributed by atoms with Crippen LogP contribution in [0.4, 0.5) is 5.69 Å². The van der Waals surface area contributed by atoms with Crippen molar-refractivity contribution in [2.45, 2.75) is 13.8 Å². The molecule has 0 amide bonds. The lowest BCUT2D eigenvalue weighted by Gasteiger charge is -2.15. The average Bonchev–Trinajstić information content (AvgIpc) is 3.24. The first-order valence-electron chi connectivity index (χ1n) is 11.2. The molecule has 1 heterocycles. The standard InChI is InChI=1S/C31H26N2/c1-23-17-19-28(20-18-23)33-30(25-12-5-3-6-13-25)21-27(31(33)26-14-7-4-8-15-26)22-32-29-16-10-9-11-24(29)2/h3-22H,1-2H3. The van der Waals surface area contributed by atoms with E-state index in [0.29, 0.717) is 0 Å². The molecule has 160 valence electrons. The van der Waals surface area contributed by atoms with E-state index >= 15 is 0 Å². The van der Waals surface area contributed by atoms with Crippen molar-refractivity contribution in [2.24, 2.45) is 4.99 Å². The second-order valence-electron chi connectivity index (χ2n) is 8.28. The Morgan fingerprint density at radius 1 is 0.636 bits per heavy atom. The second kappa shape index (κ2) is 9.13. The first-order valence-corrected chi connectivity index (χ1v) is 11.2. The normalized spacial score (nSPS) is 11.2. The molecule has 0 saturated carbocycles. The molecule has 2 heteroatoms. The van der Waals surface area contributed by atoms with Crippen molar-refractivity contribution >= 4 is 11.9 Å². The monoisotopic (exact) mass is 426 g/mol.